The second-order valence-corrected chi connectivity index (χ2v) is 7.63. The van der Waals surface area contributed by atoms with Crippen molar-refractivity contribution in [2.45, 2.75) is 57.5 Å². The van der Waals surface area contributed by atoms with Gasteiger partial charge in [-0.2, -0.15) is 0 Å². The molecule has 0 spiro atoms. The molecule has 0 heterocycles. The quantitative estimate of drug-likeness (QED) is 0.687. The molecular formula is C21H34N4O2. The topological polar surface area (TPSA) is 73.5 Å². The van der Waals surface area contributed by atoms with Crippen LogP contribution in [-0.2, 0) is 6.54 Å². The van der Waals surface area contributed by atoms with E-state index in [4.69, 9.17) is 0 Å². The molecule has 6 heteroatoms. The van der Waals surface area contributed by atoms with Crippen molar-refractivity contribution >= 4 is 11.9 Å². The van der Waals surface area contributed by atoms with Crippen LogP contribution in [0.3, 0.4) is 0 Å². The predicted octanol–water partition coefficient (Wildman–Crippen LogP) is 2.89. The lowest BCUT2D eigenvalue weighted by atomic mass is 9.97. The number of carbonyl (C=O) groups excluding carboxylic acids is 2. The van der Waals surface area contributed by atoms with Crippen LogP contribution in [0.4, 0.5) is 4.79 Å². The Kier molecular flexibility index (Phi) is 9.11. The van der Waals surface area contributed by atoms with E-state index in [1.165, 1.54) is 32.1 Å². The van der Waals surface area contributed by atoms with E-state index in [0.29, 0.717) is 18.7 Å². The van der Waals surface area contributed by atoms with Gasteiger partial charge in [-0.3, -0.25) is 4.79 Å². The first-order valence-corrected chi connectivity index (χ1v) is 10.1. The van der Waals surface area contributed by atoms with Crippen LogP contribution in [0.15, 0.2) is 24.3 Å². The van der Waals surface area contributed by atoms with E-state index in [2.05, 4.69) is 16.0 Å². The van der Waals surface area contributed by atoms with Gasteiger partial charge in [-0.25, -0.2) is 4.79 Å². The van der Waals surface area contributed by atoms with Gasteiger partial charge in [0.05, 0.1) is 0 Å². The molecule has 0 aliphatic heterocycles. The SMILES string of the molecule is CN(C)CCNC(=O)c1cccc(CNC(=O)NC2CCCCCCC2)c1. The van der Waals surface area contributed by atoms with Crippen molar-refractivity contribution in [3.63, 3.8) is 0 Å². The van der Waals surface area contributed by atoms with E-state index in [1.807, 2.05) is 37.2 Å². The summed E-state index contributed by atoms with van der Waals surface area (Å²) in [6.07, 6.45) is 8.36. The van der Waals surface area contributed by atoms with Crippen LogP contribution in [0.1, 0.15) is 60.9 Å². The Balaban J connectivity index is 1.77. The molecule has 2 rings (SSSR count). The number of likely N-dealkylation sites (N-methyl/N-ethyl adjacent to an activating group) is 1. The molecule has 1 aromatic carbocycles. The average molecular weight is 375 g/mol. The van der Waals surface area contributed by atoms with Crippen molar-refractivity contribution in [1.29, 1.82) is 0 Å². The first-order valence-electron chi connectivity index (χ1n) is 10.1. The zero-order valence-corrected chi connectivity index (χ0v) is 16.7. The van der Waals surface area contributed by atoms with Gasteiger partial charge in [-0.1, -0.05) is 44.2 Å². The van der Waals surface area contributed by atoms with Gasteiger partial charge in [0.2, 0.25) is 0 Å². The number of amides is 3. The highest BCUT2D eigenvalue weighted by atomic mass is 16.2. The monoisotopic (exact) mass is 374 g/mol. The van der Waals surface area contributed by atoms with E-state index < -0.39 is 0 Å². The second-order valence-electron chi connectivity index (χ2n) is 7.63. The second kappa shape index (κ2) is 11.6. The molecule has 1 fully saturated rings. The highest BCUT2D eigenvalue weighted by Crippen LogP contribution is 2.17. The lowest BCUT2D eigenvalue weighted by Crippen LogP contribution is -2.42. The molecule has 0 unspecified atom stereocenters. The van der Waals surface area contributed by atoms with Gasteiger partial charge in [-0.05, 0) is 44.6 Å². The minimum Gasteiger partial charge on any atom is -0.351 e. The average Bonchev–Trinajstić information content (AvgIpc) is 2.62. The number of nitrogens with zero attached hydrogens (tertiary/aromatic N) is 1. The smallest absolute Gasteiger partial charge is 0.315 e. The standard InChI is InChI=1S/C21H34N4O2/c1-25(2)14-13-22-20(26)18-10-8-9-17(15-18)16-23-21(27)24-19-11-6-4-3-5-7-12-19/h8-10,15,19H,3-7,11-14,16H2,1-2H3,(H,22,26)(H2,23,24,27). The Morgan fingerprint density at radius 3 is 2.44 bits per heavy atom. The van der Waals surface area contributed by atoms with E-state index in [9.17, 15) is 9.59 Å². The lowest BCUT2D eigenvalue weighted by molar-refractivity contribution is 0.0951. The lowest BCUT2D eigenvalue weighted by Gasteiger charge is -2.21. The number of hydrogen-bond acceptors (Lipinski definition) is 3. The number of nitrogens with one attached hydrogen (secondary N) is 3. The molecule has 1 saturated carbocycles. The fraction of sp³-hybridized carbons (Fsp3) is 0.619. The van der Waals surface area contributed by atoms with Crippen molar-refractivity contribution in [2.75, 3.05) is 27.2 Å². The molecule has 1 aliphatic carbocycles. The summed E-state index contributed by atoms with van der Waals surface area (Å²) in [6, 6.07) is 7.56. The summed E-state index contributed by atoms with van der Waals surface area (Å²) in [6.45, 7) is 1.82. The first kappa shape index (κ1) is 21.2. The molecule has 1 aliphatic rings. The highest BCUT2D eigenvalue weighted by Gasteiger charge is 2.14. The summed E-state index contributed by atoms with van der Waals surface area (Å²) in [5, 5.41) is 8.92. The molecule has 0 saturated heterocycles. The molecular weight excluding hydrogens is 340 g/mol. The van der Waals surface area contributed by atoms with Gasteiger partial charge < -0.3 is 20.9 Å². The Hall–Kier alpha value is -2.08. The van der Waals surface area contributed by atoms with E-state index in [-0.39, 0.29) is 18.0 Å². The summed E-state index contributed by atoms with van der Waals surface area (Å²) >= 11 is 0. The van der Waals surface area contributed by atoms with Crippen LogP contribution in [-0.4, -0.2) is 50.1 Å². The maximum absolute atomic E-state index is 12.2. The van der Waals surface area contributed by atoms with E-state index >= 15 is 0 Å². The maximum Gasteiger partial charge on any atom is 0.315 e. The Morgan fingerprint density at radius 1 is 1.04 bits per heavy atom. The highest BCUT2D eigenvalue weighted by molar-refractivity contribution is 5.94. The largest absolute Gasteiger partial charge is 0.351 e. The summed E-state index contributed by atoms with van der Waals surface area (Å²) in [4.78, 5) is 26.4. The van der Waals surface area contributed by atoms with Gasteiger partial charge >= 0.3 is 6.03 Å². The molecule has 3 N–H and O–H groups in total. The van der Waals surface area contributed by atoms with Gasteiger partial charge in [0.1, 0.15) is 0 Å². The van der Waals surface area contributed by atoms with Gasteiger partial charge in [0.15, 0.2) is 0 Å². The molecule has 6 nitrogen and oxygen atoms in total. The summed E-state index contributed by atoms with van der Waals surface area (Å²) in [5.74, 6) is -0.0855. The predicted molar refractivity (Wildman–Crippen MR) is 109 cm³/mol. The van der Waals surface area contributed by atoms with Crippen LogP contribution in [0, 0.1) is 0 Å². The maximum atomic E-state index is 12.2. The molecule has 150 valence electrons. The minimum atomic E-state index is -0.124. The third kappa shape index (κ3) is 8.43. The molecule has 0 bridgehead atoms. The molecule has 27 heavy (non-hydrogen) atoms. The third-order valence-electron chi connectivity index (χ3n) is 4.93. The third-order valence-corrected chi connectivity index (χ3v) is 4.93. The van der Waals surface area contributed by atoms with Crippen LogP contribution in [0.2, 0.25) is 0 Å². The molecule has 3 amide bonds. The van der Waals surface area contributed by atoms with Crippen LogP contribution < -0.4 is 16.0 Å². The Morgan fingerprint density at radius 2 is 1.74 bits per heavy atom. The fourth-order valence-electron chi connectivity index (χ4n) is 3.34. The molecule has 0 aromatic heterocycles. The zero-order valence-electron chi connectivity index (χ0n) is 16.7. The molecule has 0 atom stereocenters. The van der Waals surface area contributed by atoms with Crippen molar-refractivity contribution < 1.29 is 9.59 Å². The van der Waals surface area contributed by atoms with Crippen molar-refractivity contribution in [2.24, 2.45) is 0 Å². The number of hydrogen-bond donors (Lipinski definition) is 3. The Bertz CT molecular complexity index is 596. The summed E-state index contributed by atoms with van der Waals surface area (Å²) < 4.78 is 0. The first-order chi connectivity index (χ1) is 13.0. The molecule has 0 radical (unpaired) electrons. The van der Waals surface area contributed by atoms with Crippen LogP contribution >= 0.6 is 0 Å². The number of benzene rings is 1. The van der Waals surface area contributed by atoms with Crippen molar-refractivity contribution in [3.05, 3.63) is 35.4 Å². The van der Waals surface area contributed by atoms with E-state index in [1.54, 1.807) is 6.07 Å². The number of carbonyl (C=O) groups is 2. The minimum absolute atomic E-state index is 0.0855. The van der Waals surface area contributed by atoms with Crippen molar-refractivity contribution in [1.82, 2.24) is 20.9 Å². The van der Waals surface area contributed by atoms with Gasteiger partial charge in [-0.15, -0.1) is 0 Å². The van der Waals surface area contributed by atoms with Crippen LogP contribution in [0.5, 0.6) is 0 Å². The van der Waals surface area contributed by atoms with Crippen LogP contribution in [0.25, 0.3) is 0 Å². The van der Waals surface area contributed by atoms with Gasteiger partial charge in [0.25, 0.3) is 5.91 Å². The fourth-order valence-corrected chi connectivity index (χ4v) is 3.34. The normalized spacial score (nSPS) is 15.7. The van der Waals surface area contributed by atoms with E-state index in [0.717, 1.165) is 24.9 Å². The summed E-state index contributed by atoms with van der Waals surface area (Å²) in [7, 11) is 3.94. The number of rotatable bonds is 7. The Labute approximate surface area is 163 Å². The summed E-state index contributed by atoms with van der Waals surface area (Å²) in [5.41, 5.74) is 1.54. The van der Waals surface area contributed by atoms with Gasteiger partial charge in [0, 0.05) is 31.2 Å². The van der Waals surface area contributed by atoms with Crippen molar-refractivity contribution in [3.8, 4) is 0 Å². The number of urea groups is 1. The molecule has 1 aromatic rings. The zero-order chi connectivity index (χ0) is 19.5.